The van der Waals surface area contributed by atoms with Gasteiger partial charge in [-0.05, 0) is 18.2 Å². The molecule has 1 aliphatic rings. The molecule has 1 heterocycles. The van der Waals surface area contributed by atoms with Crippen molar-refractivity contribution in [3.63, 3.8) is 0 Å². The molecule has 1 aromatic carbocycles. The maximum Gasteiger partial charge on any atom is 0.251 e. The highest BCUT2D eigenvalue weighted by Gasteiger charge is 2.18. The molecule has 0 spiro atoms. The van der Waals surface area contributed by atoms with Crippen molar-refractivity contribution in [2.24, 2.45) is 0 Å². The quantitative estimate of drug-likeness (QED) is 0.817. The predicted molar refractivity (Wildman–Crippen MR) is 72.9 cm³/mol. The average molecular weight is 293 g/mol. The third-order valence-corrected chi connectivity index (χ3v) is 3.15. The molecule has 0 aromatic heterocycles. The van der Waals surface area contributed by atoms with Gasteiger partial charge < -0.3 is 15.5 Å². The van der Waals surface area contributed by atoms with E-state index in [0.717, 1.165) is 6.07 Å². The molecule has 0 bridgehead atoms. The summed E-state index contributed by atoms with van der Waals surface area (Å²) in [6.45, 7) is 0.979. The van der Waals surface area contributed by atoms with Gasteiger partial charge in [0.1, 0.15) is 5.82 Å². The van der Waals surface area contributed by atoms with Crippen LogP contribution in [-0.4, -0.2) is 48.8 Å². The summed E-state index contributed by atoms with van der Waals surface area (Å²) in [5, 5.41) is 5.12. The topological polar surface area (TPSA) is 78.5 Å². The number of carbonyl (C=O) groups is 3. The third-order valence-electron chi connectivity index (χ3n) is 3.15. The molecule has 112 valence electrons. The van der Waals surface area contributed by atoms with Gasteiger partial charge in [0.2, 0.25) is 11.8 Å². The Bertz CT molecular complexity index is 562. The molecule has 2 N–H and O–H groups in total. The van der Waals surface area contributed by atoms with Gasteiger partial charge in [-0.1, -0.05) is 6.07 Å². The molecule has 1 aliphatic heterocycles. The Balaban J connectivity index is 1.86. The molecule has 0 unspecified atom stereocenters. The number of nitrogens with zero attached hydrogens (tertiary/aromatic N) is 1. The number of hydrogen-bond acceptors (Lipinski definition) is 3. The van der Waals surface area contributed by atoms with Crippen LogP contribution in [0.3, 0.4) is 0 Å². The number of benzene rings is 1. The summed E-state index contributed by atoms with van der Waals surface area (Å²) >= 11 is 0. The monoisotopic (exact) mass is 293 g/mol. The summed E-state index contributed by atoms with van der Waals surface area (Å²) in [4.78, 5) is 36.4. The Morgan fingerprint density at radius 2 is 2.14 bits per heavy atom. The first-order valence-corrected chi connectivity index (χ1v) is 6.64. The molecule has 6 nitrogen and oxygen atoms in total. The summed E-state index contributed by atoms with van der Waals surface area (Å²) in [5.74, 6) is -1.37. The fraction of sp³-hybridized carbons (Fsp3) is 0.357. The Kier molecular flexibility index (Phi) is 4.86. The highest BCUT2D eigenvalue weighted by Crippen LogP contribution is 2.03. The lowest BCUT2D eigenvalue weighted by Crippen LogP contribution is -2.41. The number of rotatable bonds is 3. The molecule has 1 fully saturated rings. The van der Waals surface area contributed by atoms with E-state index in [-0.39, 0.29) is 30.3 Å². The molecular formula is C14H16FN3O3. The SMILES string of the molecule is O=C1CCN(C(=O)CNC(=O)c2cccc(F)c2)CCN1. The van der Waals surface area contributed by atoms with E-state index < -0.39 is 11.7 Å². The Morgan fingerprint density at radius 3 is 2.90 bits per heavy atom. The molecule has 0 atom stereocenters. The molecule has 1 saturated heterocycles. The van der Waals surface area contributed by atoms with Gasteiger partial charge in [-0.3, -0.25) is 14.4 Å². The number of hydrogen-bond donors (Lipinski definition) is 2. The van der Waals surface area contributed by atoms with Gasteiger partial charge in [-0.2, -0.15) is 0 Å². The van der Waals surface area contributed by atoms with E-state index in [1.807, 2.05) is 0 Å². The van der Waals surface area contributed by atoms with Crippen LogP contribution in [0.5, 0.6) is 0 Å². The lowest BCUT2D eigenvalue weighted by molar-refractivity contribution is -0.130. The fourth-order valence-corrected chi connectivity index (χ4v) is 2.02. The molecule has 0 radical (unpaired) electrons. The first-order valence-electron chi connectivity index (χ1n) is 6.64. The van der Waals surface area contributed by atoms with Crippen LogP contribution in [0.2, 0.25) is 0 Å². The Labute approximate surface area is 121 Å². The van der Waals surface area contributed by atoms with Gasteiger partial charge in [0, 0.05) is 31.6 Å². The summed E-state index contributed by atoms with van der Waals surface area (Å²) in [6, 6.07) is 5.24. The van der Waals surface area contributed by atoms with Crippen molar-refractivity contribution in [1.29, 1.82) is 0 Å². The van der Waals surface area contributed by atoms with Crippen molar-refractivity contribution in [2.75, 3.05) is 26.2 Å². The van der Waals surface area contributed by atoms with E-state index in [2.05, 4.69) is 10.6 Å². The largest absolute Gasteiger partial charge is 0.354 e. The first kappa shape index (κ1) is 15.0. The Morgan fingerprint density at radius 1 is 1.33 bits per heavy atom. The molecule has 21 heavy (non-hydrogen) atoms. The second-order valence-electron chi connectivity index (χ2n) is 4.67. The van der Waals surface area contributed by atoms with Gasteiger partial charge >= 0.3 is 0 Å². The van der Waals surface area contributed by atoms with Crippen LogP contribution in [0, 0.1) is 5.82 Å². The normalized spacial score (nSPS) is 15.1. The number of amides is 3. The standard InChI is InChI=1S/C14H16FN3O3/c15-11-3-1-2-10(8-11)14(21)17-9-13(20)18-6-4-12(19)16-5-7-18/h1-3,8H,4-7,9H2,(H,16,19)(H,17,21). The molecule has 0 saturated carbocycles. The summed E-state index contributed by atoms with van der Waals surface area (Å²) in [5.41, 5.74) is 0.163. The van der Waals surface area contributed by atoms with Crippen molar-refractivity contribution in [1.82, 2.24) is 15.5 Å². The number of halogens is 1. The van der Waals surface area contributed by atoms with Crippen molar-refractivity contribution >= 4 is 17.7 Å². The van der Waals surface area contributed by atoms with Crippen LogP contribution in [0.4, 0.5) is 4.39 Å². The Hall–Kier alpha value is -2.44. The summed E-state index contributed by atoms with van der Waals surface area (Å²) in [7, 11) is 0. The minimum absolute atomic E-state index is 0.0888. The summed E-state index contributed by atoms with van der Waals surface area (Å²) < 4.78 is 13.0. The molecule has 7 heteroatoms. The zero-order valence-corrected chi connectivity index (χ0v) is 11.4. The maximum absolute atomic E-state index is 13.0. The van der Waals surface area contributed by atoms with Gasteiger partial charge in [0.05, 0.1) is 6.54 Å². The minimum Gasteiger partial charge on any atom is -0.354 e. The first-order chi connectivity index (χ1) is 10.1. The van der Waals surface area contributed by atoms with E-state index in [4.69, 9.17) is 0 Å². The van der Waals surface area contributed by atoms with Gasteiger partial charge in [0.25, 0.3) is 5.91 Å². The van der Waals surface area contributed by atoms with Crippen LogP contribution >= 0.6 is 0 Å². The highest BCUT2D eigenvalue weighted by molar-refractivity contribution is 5.96. The predicted octanol–water partition coefficient (Wildman–Crippen LogP) is -0.0960. The van der Waals surface area contributed by atoms with Crippen LogP contribution in [0.1, 0.15) is 16.8 Å². The second kappa shape index (κ2) is 6.83. The fourth-order valence-electron chi connectivity index (χ4n) is 2.02. The molecule has 0 aliphatic carbocycles. The molecule has 2 rings (SSSR count). The number of carbonyl (C=O) groups excluding carboxylic acids is 3. The van der Waals surface area contributed by atoms with Gasteiger partial charge in [-0.25, -0.2) is 4.39 Å². The van der Waals surface area contributed by atoms with Crippen molar-refractivity contribution in [3.8, 4) is 0 Å². The lowest BCUT2D eigenvalue weighted by atomic mass is 10.2. The third kappa shape index (κ3) is 4.27. The van der Waals surface area contributed by atoms with Crippen LogP contribution < -0.4 is 10.6 Å². The van der Waals surface area contributed by atoms with Crippen LogP contribution in [0.25, 0.3) is 0 Å². The zero-order chi connectivity index (χ0) is 15.2. The van der Waals surface area contributed by atoms with Crippen LogP contribution in [-0.2, 0) is 9.59 Å². The van der Waals surface area contributed by atoms with Gasteiger partial charge in [0.15, 0.2) is 0 Å². The molecule has 3 amide bonds. The van der Waals surface area contributed by atoms with E-state index in [9.17, 15) is 18.8 Å². The smallest absolute Gasteiger partial charge is 0.251 e. The number of nitrogens with one attached hydrogen (secondary N) is 2. The average Bonchev–Trinajstić information content (AvgIpc) is 2.69. The van der Waals surface area contributed by atoms with E-state index in [1.54, 1.807) is 0 Å². The minimum atomic E-state index is -0.508. The van der Waals surface area contributed by atoms with E-state index in [1.165, 1.54) is 23.1 Å². The second-order valence-corrected chi connectivity index (χ2v) is 4.67. The lowest BCUT2D eigenvalue weighted by Gasteiger charge is -2.19. The van der Waals surface area contributed by atoms with E-state index >= 15 is 0 Å². The van der Waals surface area contributed by atoms with E-state index in [0.29, 0.717) is 19.6 Å². The zero-order valence-electron chi connectivity index (χ0n) is 11.4. The van der Waals surface area contributed by atoms with Crippen molar-refractivity contribution < 1.29 is 18.8 Å². The van der Waals surface area contributed by atoms with Crippen LogP contribution in [0.15, 0.2) is 24.3 Å². The molecule has 1 aromatic rings. The van der Waals surface area contributed by atoms with Crippen molar-refractivity contribution in [3.05, 3.63) is 35.6 Å². The highest BCUT2D eigenvalue weighted by atomic mass is 19.1. The van der Waals surface area contributed by atoms with Gasteiger partial charge in [-0.15, -0.1) is 0 Å². The van der Waals surface area contributed by atoms with Crippen molar-refractivity contribution in [2.45, 2.75) is 6.42 Å². The summed E-state index contributed by atoms with van der Waals surface area (Å²) in [6.07, 6.45) is 0.254. The maximum atomic E-state index is 13.0. The molecular weight excluding hydrogens is 277 g/mol.